The molecule has 0 spiro atoms. The number of benzene rings is 3. The number of allylic oxidation sites excluding steroid dienone is 2. The topological polar surface area (TPSA) is 269 Å². The van der Waals surface area contributed by atoms with Crippen LogP contribution >= 0.6 is 0 Å². The van der Waals surface area contributed by atoms with Crippen molar-refractivity contribution in [2.75, 3.05) is 98.9 Å². The van der Waals surface area contributed by atoms with Gasteiger partial charge in [0.1, 0.15) is 24.9 Å². The summed E-state index contributed by atoms with van der Waals surface area (Å²) in [4.78, 5) is 90.9. The monoisotopic (exact) mass is 1600 g/mol. The molecule has 3 aromatic rings. The highest BCUT2D eigenvalue weighted by molar-refractivity contribution is 5.91. The molecule has 1 heterocycles. The fraction of sp³-hybridized carbons (Fsp3) is 0.710. The number of carbonyl (C=O) groups excluding carboxylic acids is 7. The van der Waals surface area contributed by atoms with Gasteiger partial charge in [0.05, 0.1) is 69.5 Å². The molecular weight excluding hydrogens is 1460 g/mol. The Bertz CT molecular complexity index is 3280. The zero-order chi connectivity index (χ0) is 81.6. The van der Waals surface area contributed by atoms with Crippen LogP contribution in [0.4, 0.5) is 9.59 Å². The number of nitrogens with one attached hydrogen (secondary N) is 4. The van der Waals surface area contributed by atoms with E-state index in [4.69, 9.17) is 52.1 Å². The average Bonchev–Trinajstić information content (AvgIpc) is 1.70. The van der Waals surface area contributed by atoms with Gasteiger partial charge in [-0.1, -0.05) is 172 Å². The molecule has 1 saturated heterocycles. The third-order valence-corrected chi connectivity index (χ3v) is 25.1. The van der Waals surface area contributed by atoms with Crippen molar-refractivity contribution in [3.05, 3.63) is 120 Å². The number of hydrogen-bond donors (Lipinski definition) is 4. The number of ether oxygens (including phenoxy) is 11. The molecule has 8 rings (SSSR count). The van der Waals surface area contributed by atoms with Gasteiger partial charge in [-0.15, -0.1) is 0 Å². The van der Waals surface area contributed by atoms with Gasteiger partial charge in [0.25, 0.3) is 0 Å². The maximum absolute atomic E-state index is 13.5. The predicted octanol–water partition coefficient (Wildman–Crippen LogP) is 17.6. The van der Waals surface area contributed by atoms with Crippen LogP contribution < -0.4 is 21.3 Å². The summed E-state index contributed by atoms with van der Waals surface area (Å²) in [6.07, 6.45) is 34.7. The van der Waals surface area contributed by atoms with Gasteiger partial charge in [-0.25, -0.2) is 24.0 Å². The normalized spacial score (nSPS) is 24.5. The second-order valence-corrected chi connectivity index (χ2v) is 33.4. The van der Waals surface area contributed by atoms with Crippen molar-refractivity contribution in [1.82, 2.24) is 21.3 Å². The van der Waals surface area contributed by atoms with Gasteiger partial charge in [0.2, 0.25) is 11.8 Å². The SMILES string of the molecule is CCCCCCCC/C=C\CCCCCCCCNC(=O)O[C@@H]1CC[C@@]2(C)C(CCC3C2CC[C@@]2(C)C3CC[C@@H]2[C@H](C)COC(=O)NCCCCCC(=O)NCCCOCCOCCCCCC(=O)NCCOCCOCCO[C@H]2OC(COC(=O)c3ccccc3)[C@@H](OC(=O)c3ccccc3)[C@H](OC(=O)c3ccccc3)C2C)C1. The maximum atomic E-state index is 13.5. The van der Waals surface area contributed by atoms with Crippen molar-refractivity contribution in [1.29, 1.82) is 0 Å². The minimum absolute atomic E-state index is 0.0189. The van der Waals surface area contributed by atoms with Gasteiger partial charge in [0.15, 0.2) is 12.4 Å². The molecule has 4 saturated carbocycles. The maximum Gasteiger partial charge on any atom is 0.407 e. The van der Waals surface area contributed by atoms with Crippen molar-refractivity contribution < 1.29 is 85.7 Å². The Hall–Kier alpha value is -6.95. The summed E-state index contributed by atoms with van der Waals surface area (Å²) < 4.78 is 65.1. The van der Waals surface area contributed by atoms with E-state index in [9.17, 15) is 33.6 Å². The third kappa shape index (κ3) is 32.7. The first kappa shape index (κ1) is 93.5. The molecule has 115 heavy (non-hydrogen) atoms. The van der Waals surface area contributed by atoms with Gasteiger partial charge in [-0.3, -0.25) is 9.59 Å². The molecule has 6 unspecified atom stereocenters. The van der Waals surface area contributed by atoms with Crippen LogP contribution in [0.25, 0.3) is 0 Å². The van der Waals surface area contributed by atoms with Gasteiger partial charge in [-0.2, -0.15) is 0 Å². The van der Waals surface area contributed by atoms with E-state index in [1.165, 1.54) is 116 Å². The van der Waals surface area contributed by atoms with Crippen LogP contribution in [0.2, 0.25) is 0 Å². The van der Waals surface area contributed by atoms with Gasteiger partial charge >= 0.3 is 30.1 Å². The van der Waals surface area contributed by atoms with Gasteiger partial charge < -0.3 is 73.4 Å². The molecule has 22 nitrogen and oxygen atoms in total. The first-order valence-electron chi connectivity index (χ1n) is 44.4. The van der Waals surface area contributed by atoms with Crippen LogP contribution in [0.5, 0.6) is 0 Å². The largest absolute Gasteiger partial charge is 0.459 e. The lowest BCUT2D eigenvalue weighted by Gasteiger charge is -2.61. The number of fused-ring (bicyclic) bond motifs is 5. The fourth-order valence-electron chi connectivity index (χ4n) is 18.6. The molecular formula is C93H142N4O18. The highest BCUT2D eigenvalue weighted by atomic mass is 16.7. The summed E-state index contributed by atoms with van der Waals surface area (Å²) in [5, 5.41) is 11.9. The zero-order valence-electron chi connectivity index (χ0n) is 70.3. The quantitative estimate of drug-likeness (QED) is 0.0177. The highest BCUT2D eigenvalue weighted by Crippen LogP contribution is 2.68. The van der Waals surface area contributed by atoms with Crippen LogP contribution in [0.1, 0.15) is 271 Å². The Morgan fingerprint density at radius 2 is 0.974 bits per heavy atom. The molecule has 22 heteroatoms. The molecule has 0 aromatic heterocycles. The lowest BCUT2D eigenvalue weighted by Crippen LogP contribution is -2.58. The van der Waals surface area contributed by atoms with Crippen molar-refractivity contribution in [3.63, 3.8) is 0 Å². The van der Waals surface area contributed by atoms with Crippen molar-refractivity contribution in [3.8, 4) is 0 Å². The van der Waals surface area contributed by atoms with Crippen LogP contribution in [0.3, 0.4) is 0 Å². The van der Waals surface area contributed by atoms with Crippen LogP contribution in [0, 0.1) is 52.3 Å². The Balaban J connectivity index is 0.563. The summed E-state index contributed by atoms with van der Waals surface area (Å²) in [5.41, 5.74) is 1.45. The molecule has 4 amide bonds. The van der Waals surface area contributed by atoms with Crippen molar-refractivity contribution in [2.24, 2.45) is 52.3 Å². The molecule has 0 radical (unpaired) electrons. The number of rotatable bonds is 56. The predicted molar refractivity (Wildman–Crippen MR) is 444 cm³/mol. The third-order valence-electron chi connectivity index (χ3n) is 25.1. The Kier molecular flexibility index (Phi) is 43.5. The lowest BCUT2D eigenvalue weighted by atomic mass is 9.44. The summed E-state index contributed by atoms with van der Waals surface area (Å²) in [7, 11) is 0. The van der Waals surface area contributed by atoms with Crippen LogP contribution in [0.15, 0.2) is 103 Å². The second-order valence-electron chi connectivity index (χ2n) is 33.4. The molecule has 3 aromatic carbocycles. The number of amides is 4. The van der Waals surface area contributed by atoms with E-state index in [1.54, 1.807) is 97.9 Å². The number of carbonyl (C=O) groups is 7. The molecule has 4 aliphatic carbocycles. The Labute approximate surface area is 687 Å². The van der Waals surface area contributed by atoms with Crippen molar-refractivity contribution >= 4 is 41.9 Å². The Morgan fingerprint density at radius 1 is 0.470 bits per heavy atom. The fourth-order valence-corrected chi connectivity index (χ4v) is 18.6. The van der Waals surface area contributed by atoms with Gasteiger partial charge in [0, 0.05) is 58.2 Å². The zero-order valence-corrected chi connectivity index (χ0v) is 70.3. The van der Waals surface area contributed by atoms with E-state index < -0.39 is 48.4 Å². The molecule has 0 bridgehead atoms. The molecule has 4 N–H and O–H groups in total. The minimum atomic E-state index is -1.19. The van der Waals surface area contributed by atoms with E-state index in [-0.39, 0.29) is 74.1 Å². The first-order valence-corrected chi connectivity index (χ1v) is 44.4. The summed E-state index contributed by atoms with van der Waals surface area (Å²) in [6, 6.07) is 25.3. The van der Waals surface area contributed by atoms with E-state index in [0.29, 0.717) is 125 Å². The van der Waals surface area contributed by atoms with E-state index in [2.05, 4.69) is 61.1 Å². The van der Waals surface area contributed by atoms with Crippen molar-refractivity contribution in [2.45, 2.75) is 271 Å². The van der Waals surface area contributed by atoms with E-state index in [1.807, 2.05) is 0 Å². The standard InChI is InChI=1S/C93H142N4O18/c1-6-7-8-9-10-11-12-13-14-15-16-17-18-19-20-34-55-97-91(104)112-76-50-52-92(4)75(67-76)46-47-77-79-49-48-78(93(79,5)53-51-80(77)92)70(2)68-111-90(103)96-54-35-24-32-44-82(98)94-56-37-59-106-62-61-105-58-36-25-33-45-83(99)95-57-60-107-63-64-108-65-66-109-89-71(3)84(114-87(101)73-40-28-22-29-41-73)85(115-88(102)74-42-30-23-31-43-74)81(113-89)69-110-86(100)72-38-26-21-27-39-72/h13-14,21-23,26-31,38-43,70-71,75-81,84-85,89H,6-12,15-20,24-25,32-37,44-69H2,1-5H3,(H,94,98)(H,95,99)(H,96,103)(H,97,104)/b14-13-/t70-,71?,75?,76-,77?,78-,79?,80?,81?,84-,85-,89+,92+,93-/m1/s1. The average molecular weight is 1600 g/mol. The number of hydrogen-bond acceptors (Lipinski definition) is 18. The Morgan fingerprint density at radius 3 is 1.61 bits per heavy atom. The van der Waals surface area contributed by atoms with Crippen LogP contribution in [-0.4, -0.2) is 171 Å². The van der Waals surface area contributed by atoms with E-state index >= 15 is 0 Å². The molecule has 5 aliphatic rings. The van der Waals surface area contributed by atoms with Gasteiger partial charge in [-0.05, 0) is 205 Å². The molecule has 642 valence electrons. The number of unbranched alkanes of at least 4 members (excludes halogenated alkanes) is 16. The summed E-state index contributed by atoms with van der Waals surface area (Å²) in [5.74, 6) is 0.992. The number of esters is 3. The summed E-state index contributed by atoms with van der Waals surface area (Å²) >= 11 is 0. The molecule has 14 atom stereocenters. The second kappa shape index (κ2) is 53.5. The van der Waals surface area contributed by atoms with Crippen LogP contribution in [-0.2, 0) is 61.7 Å². The highest BCUT2D eigenvalue weighted by Gasteiger charge is 2.61. The lowest BCUT2D eigenvalue weighted by molar-refractivity contribution is -0.282. The molecule has 5 fully saturated rings. The smallest absolute Gasteiger partial charge is 0.407 e. The first-order chi connectivity index (χ1) is 56.1. The minimum Gasteiger partial charge on any atom is -0.459 e. The number of alkyl carbamates (subject to hydrolysis) is 2. The molecule has 1 aliphatic heterocycles. The summed E-state index contributed by atoms with van der Waals surface area (Å²) in [6.45, 7) is 16.8. The van der Waals surface area contributed by atoms with E-state index in [0.717, 1.165) is 82.5 Å².